The van der Waals surface area contributed by atoms with E-state index in [2.05, 4.69) is 37.8 Å². The first-order chi connectivity index (χ1) is 6.21. The van der Waals surface area contributed by atoms with Crippen LogP contribution in [0.25, 0.3) is 0 Å². The Morgan fingerprint density at radius 1 is 1.38 bits per heavy atom. The summed E-state index contributed by atoms with van der Waals surface area (Å²) < 4.78 is 2.57. The van der Waals surface area contributed by atoms with Gasteiger partial charge in [-0.1, -0.05) is 0 Å². The van der Waals surface area contributed by atoms with Crippen LogP contribution in [0.3, 0.4) is 0 Å². The van der Waals surface area contributed by atoms with Crippen molar-refractivity contribution >= 4 is 22.9 Å². The normalized spacial score (nSPS) is 50.3. The molecule has 0 aromatic heterocycles. The highest BCUT2D eigenvalue weighted by atomic mass is 127. The van der Waals surface area contributed by atoms with Crippen LogP contribution in [0.2, 0.25) is 0 Å². The molecular formula is C10H17IN2. The van der Waals surface area contributed by atoms with Crippen molar-refractivity contribution in [2.24, 2.45) is 5.41 Å². The van der Waals surface area contributed by atoms with E-state index in [1.54, 1.807) is 0 Å². The summed E-state index contributed by atoms with van der Waals surface area (Å²) in [7, 11) is 0. The molecule has 0 aromatic carbocycles. The molecule has 0 aromatic rings. The van der Waals surface area contributed by atoms with Crippen molar-refractivity contribution in [3.8, 4) is 0 Å². The van der Waals surface area contributed by atoms with Crippen molar-refractivity contribution < 1.29 is 0 Å². The van der Waals surface area contributed by atoms with Crippen LogP contribution in [0.4, 0.5) is 0 Å². The molecule has 0 bridgehead atoms. The fraction of sp³-hybridized carbons (Fsp3) is 1.00. The molecule has 13 heavy (non-hydrogen) atoms. The van der Waals surface area contributed by atoms with Crippen LogP contribution in [0.15, 0.2) is 0 Å². The molecule has 3 aliphatic rings. The lowest BCUT2D eigenvalue weighted by Gasteiger charge is -2.33. The van der Waals surface area contributed by atoms with Crippen LogP contribution in [0.5, 0.6) is 0 Å². The van der Waals surface area contributed by atoms with Gasteiger partial charge in [-0.15, -0.1) is 0 Å². The molecule has 2 aliphatic heterocycles. The van der Waals surface area contributed by atoms with Crippen LogP contribution < -0.4 is 0 Å². The average molecular weight is 292 g/mol. The van der Waals surface area contributed by atoms with Crippen molar-refractivity contribution in [1.29, 1.82) is 0 Å². The Balaban J connectivity index is 1.65. The third kappa shape index (κ3) is 1.27. The summed E-state index contributed by atoms with van der Waals surface area (Å²) in [5.74, 6) is 0. The van der Waals surface area contributed by atoms with E-state index >= 15 is 0 Å². The summed E-state index contributed by atoms with van der Waals surface area (Å²) in [5.41, 5.74) is 0.723. The van der Waals surface area contributed by atoms with E-state index in [0.717, 1.165) is 17.5 Å². The van der Waals surface area contributed by atoms with E-state index in [4.69, 9.17) is 0 Å². The van der Waals surface area contributed by atoms with Crippen LogP contribution in [0, 0.1) is 5.41 Å². The summed E-state index contributed by atoms with van der Waals surface area (Å²) in [4.78, 5) is 2.64. The second kappa shape index (κ2) is 2.83. The zero-order chi connectivity index (χ0) is 9.05. The largest absolute Gasteiger partial charge is 0.303 e. The van der Waals surface area contributed by atoms with E-state index in [1.165, 1.54) is 38.9 Å². The molecule has 3 rings (SSSR count). The monoisotopic (exact) mass is 292 g/mol. The number of fused-ring (bicyclic) bond motifs is 1. The van der Waals surface area contributed by atoms with E-state index in [-0.39, 0.29) is 0 Å². The number of nitrogens with zero attached hydrogens (tertiary/aromatic N) is 2. The molecule has 1 saturated carbocycles. The summed E-state index contributed by atoms with van der Waals surface area (Å²) in [6, 6.07) is 1.74. The first-order valence-electron chi connectivity index (χ1n) is 5.38. The highest BCUT2D eigenvalue weighted by Gasteiger charge is 2.63. The highest BCUT2D eigenvalue weighted by Crippen LogP contribution is 2.61. The first-order valence-corrected chi connectivity index (χ1v) is 6.34. The Labute approximate surface area is 94.1 Å². The molecule has 2 heterocycles. The quantitative estimate of drug-likeness (QED) is 0.566. The zero-order valence-corrected chi connectivity index (χ0v) is 10.3. The van der Waals surface area contributed by atoms with Crippen molar-refractivity contribution in [3.05, 3.63) is 0 Å². The van der Waals surface area contributed by atoms with Crippen molar-refractivity contribution in [1.82, 2.24) is 8.01 Å². The lowest BCUT2D eigenvalue weighted by atomic mass is 9.98. The molecule has 1 aliphatic carbocycles. The standard InChI is InChI=1S/C10H17IN2/c1-8-5-10(6-9(10)13(8)11)7-12-3-2-4-12/h8-9H,2-7H2,1H3/t8-,9?,10?/m1/s1. The molecule has 2 nitrogen and oxygen atoms in total. The maximum Gasteiger partial charge on any atom is 0.0273 e. The van der Waals surface area contributed by atoms with Gasteiger partial charge in [0.2, 0.25) is 0 Å². The maximum atomic E-state index is 2.64. The molecule has 3 heteroatoms. The van der Waals surface area contributed by atoms with Gasteiger partial charge in [-0.25, -0.2) is 3.11 Å². The van der Waals surface area contributed by atoms with Crippen LogP contribution in [-0.4, -0.2) is 39.7 Å². The van der Waals surface area contributed by atoms with E-state index in [9.17, 15) is 0 Å². The minimum atomic E-state index is 0.723. The molecular weight excluding hydrogens is 275 g/mol. The second-order valence-electron chi connectivity index (χ2n) is 5.11. The maximum absolute atomic E-state index is 2.64. The lowest BCUT2D eigenvalue weighted by molar-refractivity contribution is 0.142. The highest BCUT2D eigenvalue weighted by molar-refractivity contribution is 14.1. The van der Waals surface area contributed by atoms with Crippen molar-refractivity contribution in [3.63, 3.8) is 0 Å². The number of likely N-dealkylation sites (tertiary alicyclic amines) is 1. The van der Waals surface area contributed by atoms with Gasteiger partial charge in [0.05, 0.1) is 0 Å². The molecule has 2 saturated heterocycles. The second-order valence-corrected chi connectivity index (χ2v) is 6.22. The van der Waals surface area contributed by atoms with Gasteiger partial charge >= 0.3 is 0 Å². The molecule has 3 atom stereocenters. The Hall–Kier alpha value is 0.650. The van der Waals surface area contributed by atoms with Gasteiger partial charge in [0.1, 0.15) is 0 Å². The van der Waals surface area contributed by atoms with Gasteiger partial charge in [-0.3, -0.25) is 0 Å². The lowest BCUT2D eigenvalue weighted by Crippen LogP contribution is -2.41. The van der Waals surface area contributed by atoms with Crippen LogP contribution >= 0.6 is 22.9 Å². The van der Waals surface area contributed by atoms with E-state index < -0.39 is 0 Å². The van der Waals surface area contributed by atoms with Gasteiger partial charge < -0.3 is 4.90 Å². The predicted octanol–water partition coefficient (Wildman–Crippen LogP) is 1.90. The Kier molecular flexibility index (Phi) is 1.94. The Bertz CT molecular complexity index is 229. The number of hydrogen-bond acceptors (Lipinski definition) is 2. The summed E-state index contributed by atoms with van der Waals surface area (Å²) in [5, 5.41) is 0. The summed E-state index contributed by atoms with van der Waals surface area (Å²) >= 11 is 2.53. The summed E-state index contributed by atoms with van der Waals surface area (Å²) in [6.45, 7) is 6.49. The molecule has 0 amide bonds. The minimum Gasteiger partial charge on any atom is -0.303 e. The SMILES string of the molecule is C[C@@H]1CC2(CN3CCC3)CC2N1I. The molecule has 0 radical (unpaired) electrons. The smallest absolute Gasteiger partial charge is 0.0273 e. The van der Waals surface area contributed by atoms with Gasteiger partial charge in [-0.2, -0.15) is 0 Å². The molecule has 3 fully saturated rings. The third-order valence-electron chi connectivity index (χ3n) is 4.05. The number of halogens is 1. The van der Waals surface area contributed by atoms with Gasteiger partial charge in [-0.05, 0) is 39.3 Å². The Morgan fingerprint density at radius 3 is 2.62 bits per heavy atom. The third-order valence-corrected chi connectivity index (χ3v) is 5.68. The average Bonchev–Trinajstić information content (AvgIpc) is 2.66. The van der Waals surface area contributed by atoms with Gasteiger partial charge in [0.15, 0.2) is 0 Å². The van der Waals surface area contributed by atoms with E-state index in [0.29, 0.717) is 0 Å². The predicted molar refractivity (Wildman–Crippen MR) is 61.8 cm³/mol. The van der Waals surface area contributed by atoms with E-state index in [1.807, 2.05) is 0 Å². The molecule has 0 spiro atoms. The van der Waals surface area contributed by atoms with Gasteiger partial charge in [0, 0.05) is 46.9 Å². The molecule has 74 valence electrons. The minimum absolute atomic E-state index is 0.723. The molecule has 2 unspecified atom stereocenters. The number of rotatable bonds is 2. The van der Waals surface area contributed by atoms with Gasteiger partial charge in [0.25, 0.3) is 0 Å². The number of hydrogen-bond donors (Lipinski definition) is 0. The zero-order valence-electron chi connectivity index (χ0n) is 8.17. The first kappa shape index (κ1) is 8.92. The topological polar surface area (TPSA) is 6.48 Å². The van der Waals surface area contributed by atoms with Crippen LogP contribution in [0.1, 0.15) is 26.2 Å². The van der Waals surface area contributed by atoms with Crippen molar-refractivity contribution in [2.75, 3.05) is 19.6 Å². The fourth-order valence-electron chi connectivity index (χ4n) is 3.10. The molecule has 0 N–H and O–H groups in total. The van der Waals surface area contributed by atoms with Crippen molar-refractivity contribution in [2.45, 2.75) is 38.3 Å². The Morgan fingerprint density at radius 2 is 2.15 bits per heavy atom. The number of piperidine rings is 1. The van der Waals surface area contributed by atoms with Crippen LogP contribution in [-0.2, 0) is 0 Å². The fourth-order valence-corrected chi connectivity index (χ4v) is 4.08. The summed E-state index contributed by atoms with van der Waals surface area (Å²) in [6.07, 6.45) is 4.35.